The van der Waals surface area contributed by atoms with Crippen LogP contribution >= 0.6 is 11.8 Å². The van der Waals surface area contributed by atoms with E-state index in [9.17, 15) is 30.7 Å². The first kappa shape index (κ1) is 13.9. The fraction of sp³-hybridized carbons (Fsp3) is 0.250. The molecule has 0 saturated heterocycles. The molecule has 0 aromatic heterocycles. The van der Waals surface area contributed by atoms with E-state index in [-0.39, 0.29) is 12.1 Å². The van der Waals surface area contributed by atoms with Crippen molar-refractivity contribution in [3.63, 3.8) is 0 Å². The Bertz CT molecular complexity index is 404. The van der Waals surface area contributed by atoms with E-state index in [0.29, 0.717) is 0 Å². The van der Waals surface area contributed by atoms with Crippen molar-refractivity contribution in [2.45, 2.75) is 17.0 Å². The Morgan fingerprint density at radius 2 is 1.71 bits per heavy atom. The highest BCUT2D eigenvalue weighted by atomic mass is 32.2. The van der Waals surface area contributed by atoms with E-state index >= 15 is 0 Å². The molecule has 17 heavy (non-hydrogen) atoms. The van der Waals surface area contributed by atoms with Crippen molar-refractivity contribution in [1.82, 2.24) is 0 Å². The maximum atomic E-state index is 13.2. The average molecular weight is 280 g/mol. The molecule has 0 aliphatic rings. The van der Waals surface area contributed by atoms with Gasteiger partial charge in [0.25, 0.3) is 0 Å². The Morgan fingerprint density at radius 1 is 1.12 bits per heavy atom. The number of rotatable bonds is 3. The molecule has 0 N–H and O–H groups in total. The maximum absolute atomic E-state index is 13.2. The molecule has 0 spiro atoms. The smallest absolute Gasteiger partial charge is 0.432 e. The second kappa shape index (κ2) is 5.03. The summed E-state index contributed by atoms with van der Waals surface area (Å²) in [5.41, 5.74) is -4.86. The van der Waals surface area contributed by atoms with E-state index in [0.717, 1.165) is 0 Å². The van der Waals surface area contributed by atoms with Gasteiger partial charge < -0.3 is 4.74 Å². The summed E-state index contributed by atoms with van der Waals surface area (Å²) >= 11 is -0.957. The van der Waals surface area contributed by atoms with Crippen molar-refractivity contribution in [2.24, 2.45) is 0 Å². The van der Waals surface area contributed by atoms with Gasteiger partial charge in [-0.25, -0.2) is 8.78 Å². The van der Waals surface area contributed by atoms with Gasteiger partial charge in [0.2, 0.25) is 0 Å². The summed E-state index contributed by atoms with van der Waals surface area (Å²) < 4.78 is 88.8. The third-order valence-corrected chi connectivity index (χ3v) is 2.16. The van der Waals surface area contributed by atoms with Crippen LogP contribution in [0.1, 0.15) is 0 Å². The lowest BCUT2D eigenvalue weighted by Crippen LogP contribution is -2.06. The van der Waals surface area contributed by atoms with Crippen LogP contribution in [0.2, 0.25) is 0 Å². The van der Waals surface area contributed by atoms with Crippen LogP contribution in [0.4, 0.5) is 30.7 Å². The molecule has 0 aliphatic heterocycles. The Kier molecular flexibility index (Phi) is 4.12. The molecular formula is C8H3F7OS. The van der Waals surface area contributed by atoms with Gasteiger partial charge in [-0.1, -0.05) is 0 Å². The zero-order chi connectivity index (χ0) is 13.2. The average Bonchev–Trinajstić information content (AvgIpc) is 2.09. The molecule has 0 radical (unpaired) electrons. The zero-order valence-electron chi connectivity index (χ0n) is 7.69. The quantitative estimate of drug-likeness (QED) is 0.607. The number of hydrogen-bond acceptors (Lipinski definition) is 2. The van der Waals surface area contributed by atoms with Crippen molar-refractivity contribution in [3.8, 4) is 5.75 Å². The number of thioether (sulfide) groups is 1. The minimum atomic E-state index is -4.86. The van der Waals surface area contributed by atoms with E-state index in [1.54, 1.807) is 0 Å². The number of alkyl halides is 5. The normalized spacial score (nSPS) is 12.0. The summed E-state index contributed by atoms with van der Waals surface area (Å²) in [6, 6.07) is 0.480. The molecule has 1 aromatic carbocycles. The van der Waals surface area contributed by atoms with Crippen LogP contribution in [0.3, 0.4) is 0 Å². The highest BCUT2D eigenvalue weighted by Gasteiger charge is 2.32. The molecule has 0 atom stereocenters. The lowest BCUT2D eigenvalue weighted by molar-refractivity contribution is -0.0526. The van der Waals surface area contributed by atoms with E-state index < -0.39 is 46.2 Å². The van der Waals surface area contributed by atoms with Gasteiger partial charge in [0.05, 0.1) is 4.90 Å². The topological polar surface area (TPSA) is 9.23 Å². The third-order valence-electron chi connectivity index (χ3n) is 1.41. The zero-order valence-corrected chi connectivity index (χ0v) is 8.51. The van der Waals surface area contributed by atoms with Gasteiger partial charge in [0.1, 0.15) is 5.82 Å². The molecule has 0 bridgehead atoms. The van der Waals surface area contributed by atoms with Crippen LogP contribution < -0.4 is 4.74 Å². The lowest BCUT2D eigenvalue weighted by atomic mass is 10.3. The molecule has 0 aliphatic carbocycles. The summed E-state index contributed by atoms with van der Waals surface area (Å²) in [5, 5.41) is 0. The first-order chi connectivity index (χ1) is 7.69. The number of ether oxygens (including phenoxy) is 1. The van der Waals surface area contributed by atoms with Gasteiger partial charge in [0.15, 0.2) is 11.6 Å². The Balaban J connectivity index is 3.10. The molecular weight excluding hydrogens is 277 g/mol. The van der Waals surface area contributed by atoms with Gasteiger partial charge in [0, 0.05) is 6.07 Å². The van der Waals surface area contributed by atoms with E-state index in [4.69, 9.17) is 0 Å². The highest BCUT2D eigenvalue weighted by molar-refractivity contribution is 8.00. The molecule has 0 heterocycles. The third kappa shape index (κ3) is 4.33. The lowest BCUT2D eigenvalue weighted by Gasteiger charge is -2.10. The van der Waals surface area contributed by atoms with Crippen LogP contribution in [0, 0.1) is 11.6 Å². The summed E-state index contributed by atoms with van der Waals surface area (Å²) in [7, 11) is 0. The summed E-state index contributed by atoms with van der Waals surface area (Å²) in [5.74, 6) is -4.27. The summed E-state index contributed by atoms with van der Waals surface area (Å²) in [6.45, 7) is -3.46. The first-order valence-corrected chi connectivity index (χ1v) is 4.70. The Labute approximate surface area is 94.6 Å². The van der Waals surface area contributed by atoms with Crippen molar-refractivity contribution in [3.05, 3.63) is 23.8 Å². The second-order valence-corrected chi connectivity index (χ2v) is 3.75. The predicted octanol–water partition coefficient (Wildman–Crippen LogP) is 4.18. The van der Waals surface area contributed by atoms with Gasteiger partial charge in [-0.05, 0) is 17.8 Å². The molecule has 0 amide bonds. The monoisotopic (exact) mass is 280 g/mol. The van der Waals surface area contributed by atoms with Crippen molar-refractivity contribution in [2.75, 3.05) is 0 Å². The SMILES string of the molecule is Fc1cc(OC(F)F)c(F)c(SC(F)(F)F)c1. The molecule has 1 rings (SSSR count). The Morgan fingerprint density at radius 3 is 2.18 bits per heavy atom. The van der Waals surface area contributed by atoms with Gasteiger partial charge in [-0.3, -0.25) is 0 Å². The van der Waals surface area contributed by atoms with Crippen molar-refractivity contribution >= 4 is 11.8 Å². The minimum Gasteiger partial charge on any atom is -0.432 e. The highest BCUT2D eigenvalue weighted by Crippen LogP contribution is 2.40. The van der Waals surface area contributed by atoms with Crippen LogP contribution in [-0.4, -0.2) is 12.1 Å². The van der Waals surface area contributed by atoms with E-state index in [1.165, 1.54) is 0 Å². The van der Waals surface area contributed by atoms with Crippen LogP contribution in [-0.2, 0) is 0 Å². The van der Waals surface area contributed by atoms with E-state index in [2.05, 4.69) is 4.74 Å². The molecule has 9 heteroatoms. The predicted molar refractivity (Wildman–Crippen MR) is 44.9 cm³/mol. The standard InChI is InChI=1S/C8H3F7OS/c9-3-1-4(16-7(11)12)6(10)5(2-3)17-8(13,14)15/h1-2,7H. The number of benzene rings is 1. The fourth-order valence-corrected chi connectivity index (χ4v) is 1.53. The molecule has 96 valence electrons. The number of hydrogen-bond donors (Lipinski definition) is 0. The molecule has 0 fully saturated rings. The Hall–Kier alpha value is -1.12. The largest absolute Gasteiger partial charge is 0.446 e. The van der Waals surface area contributed by atoms with Crippen LogP contribution in [0.25, 0.3) is 0 Å². The second-order valence-electron chi connectivity index (χ2n) is 2.64. The maximum Gasteiger partial charge on any atom is 0.446 e. The molecule has 0 saturated carbocycles. The van der Waals surface area contributed by atoms with E-state index in [1.807, 2.05) is 0 Å². The summed E-state index contributed by atoms with van der Waals surface area (Å²) in [4.78, 5) is -1.17. The molecule has 0 unspecified atom stereocenters. The molecule has 1 aromatic rings. The van der Waals surface area contributed by atoms with Crippen LogP contribution in [0.15, 0.2) is 17.0 Å². The number of halogens is 7. The molecule has 1 nitrogen and oxygen atoms in total. The summed E-state index contributed by atoms with van der Waals surface area (Å²) in [6.07, 6.45) is 0. The minimum absolute atomic E-state index is 0.238. The van der Waals surface area contributed by atoms with Gasteiger partial charge >= 0.3 is 12.1 Å². The van der Waals surface area contributed by atoms with Gasteiger partial charge in [-0.2, -0.15) is 22.0 Å². The fourth-order valence-electron chi connectivity index (χ4n) is 0.921. The van der Waals surface area contributed by atoms with Gasteiger partial charge in [-0.15, -0.1) is 0 Å². The van der Waals surface area contributed by atoms with Crippen molar-refractivity contribution in [1.29, 1.82) is 0 Å². The van der Waals surface area contributed by atoms with Crippen LogP contribution in [0.5, 0.6) is 5.75 Å². The first-order valence-electron chi connectivity index (χ1n) is 3.88. The van der Waals surface area contributed by atoms with Crippen molar-refractivity contribution < 1.29 is 35.5 Å².